The molecule has 0 N–H and O–H groups in total. The summed E-state index contributed by atoms with van der Waals surface area (Å²) in [6.45, 7) is 3.43. The van der Waals surface area contributed by atoms with Gasteiger partial charge in [0.2, 0.25) is 5.70 Å². The van der Waals surface area contributed by atoms with Crippen LogP contribution in [0.4, 0.5) is 5.69 Å². The summed E-state index contributed by atoms with van der Waals surface area (Å²) >= 11 is 0. The molecule has 0 radical (unpaired) electrons. The Morgan fingerprint density at radius 3 is 2.45 bits per heavy atom. The van der Waals surface area contributed by atoms with Gasteiger partial charge in [0.15, 0.2) is 11.5 Å². The number of likely N-dealkylation sites (tertiary alicyclic amines) is 1. The first kappa shape index (κ1) is 22.0. The average Bonchev–Trinajstić information content (AvgIpc) is 2.99. The summed E-state index contributed by atoms with van der Waals surface area (Å²) in [7, 11) is 5.53. The molecule has 0 spiro atoms. The summed E-state index contributed by atoms with van der Waals surface area (Å²) in [5.41, 5.74) is 1.40. The normalized spacial score (nSPS) is 15.4. The van der Waals surface area contributed by atoms with Gasteiger partial charge in [0, 0.05) is 34.2 Å². The molecule has 1 aliphatic heterocycles. The lowest BCUT2D eigenvalue weighted by molar-refractivity contribution is 0.280. The van der Waals surface area contributed by atoms with Gasteiger partial charge in [0.1, 0.15) is 6.07 Å². The molecule has 2 heterocycles. The van der Waals surface area contributed by atoms with E-state index in [1.807, 2.05) is 44.4 Å². The lowest BCUT2D eigenvalue weighted by Gasteiger charge is -2.28. The van der Waals surface area contributed by atoms with Crippen LogP contribution in [0.15, 0.2) is 61.9 Å². The first-order chi connectivity index (χ1) is 14.9. The van der Waals surface area contributed by atoms with Gasteiger partial charge in [0.25, 0.3) is 5.56 Å². The van der Waals surface area contributed by atoms with Crippen molar-refractivity contribution in [2.75, 3.05) is 27.2 Å². The van der Waals surface area contributed by atoms with Crippen molar-refractivity contribution in [3.63, 3.8) is 0 Å². The highest BCUT2D eigenvalue weighted by Crippen LogP contribution is 2.22. The van der Waals surface area contributed by atoms with Gasteiger partial charge in [-0.3, -0.25) is 9.48 Å². The highest BCUT2D eigenvalue weighted by molar-refractivity contribution is 5.56. The summed E-state index contributed by atoms with van der Waals surface area (Å²) in [4.78, 5) is 21.4. The van der Waals surface area contributed by atoms with Gasteiger partial charge in [-0.25, -0.2) is 9.67 Å². The molecule has 0 unspecified atom stereocenters. The maximum absolute atomic E-state index is 13.0. The minimum Gasteiger partial charge on any atom is -0.369 e. The van der Waals surface area contributed by atoms with Crippen molar-refractivity contribution in [3.8, 4) is 11.8 Å². The summed E-state index contributed by atoms with van der Waals surface area (Å²) < 4.78 is 3.27. The molecular weight excluding hydrogens is 392 g/mol. The molecule has 9 nitrogen and oxygen atoms in total. The van der Waals surface area contributed by atoms with Gasteiger partial charge in [0.05, 0.1) is 17.7 Å². The van der Waals surface area contributed by atoms with Gasteiger partial charge in [-0.15, -0.1) is 10.2 Å². The fourth-order valence-electron chi connectivity index (χ4n) is 3.45. The van der Waals surface area contributed by atoms with E-state index < -0.39 is 0 Å². The standard InChI is InChI=1S/C22H28N8O/c1-17-20(22(31)30(28(17)4)18-11-7-5-8-12-18)26-25-19(15-23)21(24-16-27(2)3)29-13-9-6-10-14-29/h5,7-8,11-12,16H,6,9-10,13-14H2,1-4H3/b21-19-,24-16+,26-25?. The maximum atomic E-state index is 13.0. The van der Waals surface area contributed by atoms with Crippen LogP contribution in [0.5, 0.6) is 0 Å². The van der Waals surface area contributed by atoms with E-state index in [9.17, 15) is 10.1 Å². The van der Waals surface area contributed by atoms with E-state index in [1.54, 1.807) is 29.9 Å². The number of allylic oxidation sites excluding steroid dienone is 1. The molecule has 1 aromatic carbocycles. The van der Waals surface area contributed by atoms with Crippen LogP contribution < -0.4 is 5.56 Å². The fourth-order valence-corrected chi connectivity index (χ4v) is 3.45. The lowest BCUT2D eigenvalue weighted by atomic mass is 10.1. The number of nitriles is 1. The van der Waals surface area contributed by atoms with E-state index in [2.05, 4.69) is 26.2 Å². The number of hydrogen-bond donors (Lipinski definition) is 0. The third-order valence-electron chi connectivity index (χ3n) is 5.16. The van der Waals surface area contributed by atoms with Crippen molar-refractivity contribution < 1.29 is 0 Å². The van der Waals surface area contributed by atoms with Crippen LogP contribution in [-0.4, -0.2) is 52.7 Å². The predicted molar refractivity (Wildman–Crippen MR) is 121 cm³/mol. The molecule has 1 aliphatic rings. The fraction of sp³-hybridized carbons (Fsp3) is 0.409. The van der Waals surface area contributed by atoms with E-state index >= 15 is 0 Å². The number of aromatic nitrogens is 2. The Hall–Kier alpha value is -3.67. The molecule has 9 heteroatoms. The van der Waals surface area contributed by atoms with Crippen LogP contribution >= 0.6 is 0 Å². The Morgan fingerprint density at radius 1 is 1.16 bits per heavy atom. The van der Waals surface area contributed by atoms with E-state index in [0.29, 0.717) is 11.5 Å². The Bertz CT molecular complexity index is 1090. The molecule has 1 fully saturated rings. The number of azo groups is 1. The number of para-hydroxylation sites is 1. The lowest BCUT2D eigenvalue weighted by Crippen LogP contribution is -2.29. The van der Waals surface area contributed by atoms with E-state index in [1.165, 1.54) is 4.68 Å². The number of piperidine rings is 1. The van der Waals surface area contributed by atoms with Gasteiger partial charge in [-0.05, 0) is 38.3 Å². The number of nitrogens with zero attached hydrogens (tertiary/aromatic N) is 8. The molecule has 0 saturated carbocycles. The molecular formula is C22H28N8O. The molecule has 2 aromatic rings. The minimum atomic E-state index is -0.288. The van der Waals surface area contributed by atoms with Crippen LogP contribution in [0.25, 0.3) is 5.69 Å². The Balaban J connectivity index is 2.05. The summed E-state index contributed by atoms with van der Waals surface area (Å²) in [6.07, 6.45) is 4.88. The van der Waals surface area contributed by atoms with Gasteiger partial charge >= 0.3 is 0 Å². The van der Waals surface area contributed by atoms with Gasteiger partial charge < -0.3 is 9.80 Å². The largest absolute Gasteiger partial charge is 0.369 e. The molecule has 0 aliphatic carbocycles. The summed E-state index contributed by atoms with van der Waals surface area (Å²) in [6, 6.07) is 11.5. The SMILES string of the molecule is Cc1c(N=N/C(C#N)=C(/N=C/N(C)C)N2CCCCC2)c(=O)n(-c2ccccc2)n1C. The quantitative estimate of drug-likeness (QED) is 0.310. The maximum Gasteiger partial charge on any atom is 0.299 e. The zero-order valence-corrected chi connectivity index (χ0v) is 18.5. The zero-order valence-electron chi connectivity index (χ0n) is 18.5. The van der Waals surface area contributed by atoms with Crippen molar-refractivity contribution in [3.05, 3.63) is 57.9 Å². The molecule has 1 saturated heterocycles. The van der Waals surface area contributed by atoms with Gasteiger partial charge in [-0.2, -0.15) is 5.26 Å². The average molecular weight is 421 g/mol. The first-order valence-corrected chi connectivity index (χ1v) is 10.3. The summed E-state index contributed by atoms with van der Waals surface area (Å²) in [5, 5.41) is 18.2. The topological polar surface area (TPSA) is 94.3 Å². The number of benzene rings is 1. The molecule has 0 bridgehead atoms. The Labute approximate surface area is 182 Å². The molecule has 0 atom stereocenters. The van der Waals surface area contributed by atoms with Crippen molar-refractivity contribution in [1.82, 2.24) is 19.2 Å². The minimum absolute atomic E-state index is 0.0916. The summed E-state index contributed by atoms with van der Waals surface area (Å²) in [5.74, 6) is 0.483. The smallest absolute Gasteiger partial charge is 0.299 e. The second kappa shape index (κ2) is 9.89. The number of hydrogen-bond acceptors (Lipinski definition) is 6. The van der Waals surface area contributed by atoms with Crippen LogP contribution in [0.1, 0.15) is 25.0 Å². The van der Waals surface area contributed by atoms with Crippen LogP contribution in [0, 0.1) is 18.3 Å². The third kappa shape index (κ3) is 4.91. The number of rotatable bonds is 6. The van der Waals surface area contributed by atoms with Gasteiger partial charge in [-0.1, -0.05) is 18.2 Å². The highest BCUT2D eigenvalue weighted by atomic mass is 16.1. The van der Waals surface area contributed by atoms with Crippen LogP contribution in [0.3, 0.4) is 0 Å². The molecule has 162 valence electrons. The van der Waals surface area contributed by atoms with Crippen molar-refractivity contribution in [1.29, 1.82) is 5.26 Å². The van der Waals surface area contributed by atoms with E-state index in [0.717, 1.165) is 38.0 Å². The van der Waals surface area contributed by atoms with E-state index in [4.69, 9.17) is 0 Å². The molecule has 31 heavy (non-hydrogen) atoms. The van der Waals surface area contributed by atoms with Crippen LogP contribution in [-0.2, 0) is 7.05 Å². The molecule has 3 rings (SSSR count). The Morgan fingerprint density at radius 2 is 1.84 bits per heavy atom. The second-order valence-electron chi connectivity index (χ2n) is 7.65. The van der Waals surface area contributed by atoms with Crippen molar-refractivity contribution in [2.24, 2.45) is 22.3 Å². The van der Waals surface area contributed by atoms with E-state index in [-0.39, 0.29) is 16.9 Å². The second-order valence-corrected chi connectivity index (χ2v) is 7.65. The van der Waals surface area contributed by atoms with Crippen LogP contribution in [0.2, 0.25) is 0 Å². The molecule has 1 aromatic heterocycles. The van der Waals surface area contributed by atoms with Crippen molar-refractivity contribution in [2.45, 2.75) is 26.2 Å². The first-order valence-electron chi connectivity index (χ1n) is 10.3. The number of aliphatic imine (C=N–C) groups is 1. The monoisotopic (exact) mass is 420 g/mol. The zero-order chi connectivity index (χ0) is 22.4. The Kier molecular flexibility index (Phi) is 7.03. The predicted octanol–water partition coefficient (Wildman–Crippen LogP) is 3.34. The third-order valence-corrected chi connectivity index (χ3v) is 5.16. The highest BCUT2D eigenvalue weighted by Gasteiger charge is 2.19. The van der Waals surface area contributed by atoms with Crippen molar-refractivity contribution >= 4 is 12.0 Å². The molecule has 0 amide bonds.